The molecule has 1 atom stereocenters. The van der Waals surface area contributed by atoms with E-state index in [4.69, 9.17) is 18.9 Å². The van der Waals surface area contributed by atoms with Crippen LogP contribution in [-0.2, 0) is 9.47 Å². The maximum Gasteiger partial charge on any atom is 0.191 e. The van der Waals surface area contributed by atoms with Crippen molar-refractivity contribution < 1.29 is 13.9 Å². The lowest BCUT2D eigenvalue weighted by molar-refractivity contribution is 0.0203. The molecular weight excluding hydrogens is 495 g/mol. The largest absolute Gasteiger partial charge is 0.468 e. The van der Waals surface area contributed by atoms with Crippen LogP contribution in [0, 0.1) is 5.92 Å². The zero-order chi connectivity index (χ0) is 20.7. The van der Waals surface area contributed by atoms with E-state index >= 15 is 0 Å². The lowest BCUT2D eigenvalue weighted by Crippen LogP contribution is -2.39. The zero-order valence-electron chi connectivity index (χ0n) is 18.9. The molecule has 2 N–H and O–H groups in total. The van der Waals surface area contributed by atoms with E-state index < -0.39 is 0 Å². The van der Waals surface area contributed by atoms with E-state index in [1.807, 2.05) is 12.1 Å². The third-order valence-corrected chi connectivity index (χ3v) is 5.34. The molecule has 2 heterocycles. The second-order valence-corrected chi connectivity index (χ2v) is 7.38. The third kappa shape index (κ3) is 9.98. The first kappa shape index (κ1) is 27.2. The zero-order valence-corrected chi connectivity index (χ0v) is 21.2. The quantitative estimate of drug-likeness (QED) is 0.174. The number of guanidine groups is 1. The smallest absolute Gasteiger partial charge is 0.191 e. The van der Waals surface area contributed by atoms with Crippen LogP contribution in [0.5, 0.6) is 0 Å². The average Bonchev–Trinajstić information content (AvgIpc) is 3.28. The van der Waals surface area contributed by atoms with Gasteiger partial charge in [0.1, 0.15) is 5.76 Å². The van der Waals surface area contributed by atoms with E-state index in [0.717, 1.165) is 83.6 Å². The molecule has 0 spiro atoms. The monoisotopic (exact) mass is 536 g/mol. The Morgan fingerprint density at radius 3 is 2.63 bits per heavy atom. The fourth-order valence-electron chi connectivity index (χ4n) is 3.59. The molecule has 1 unspecified atom stereocenters. The van der Waals surface area contributed by atoms with Crippen LogP contribution in [0.25, 0.3) is 0 Å². The van der Waals surface area contributed by atoms with Crippen molar-refractivity contribution in [1.82, 2.24) is 15.5 Å². The van der Waals surface area contributed by atoms with Crippen molar-refractivity contribution in [2.24, 2.45) is 10.9 Å². The van der Waals surface area contributed by atoms with Crippen molar-refractivity contribution in [3.05, 3.63) is 24.2 Å². The van der Waals surface area contributed by atoms with Gasteiger partial charge in [0.2, 0.25) is 0 Å². The number of aliphatic imine (C=N–C) groups is 1. The minimum absolute atomic E-state index is 0. The van der Waals surface area contributed by atoms with Crippen molar-refractivity contribution in [3.63, 3.8) is 0 Å². The van der Waals surface area contributed by atoms with Gasteiger partial charge in [-0.3, -0.25) is 9.89 Å². The summed E-state index contributed by atoms with van der Waals surface area (Å²) in [4.78, 5) is 7.19. The Kier molecular flexibility index (Phi) is 15.2. The molecular formula is C22H41IN4O3. The molecule has 1 aliphatic heterocycles. The second kappa shape index (κ2) is 16.8. The van der Waals surface area contributed by atoms with Gasteiger partial charge >= 0.3 is 0 Å². The van der Waals surface area contributed by atoms with Crippen LogP contribution in [0.3, 0.4) is 0 Å². The first-order valence-electron chi connectivity index (χ1n) is 11.2. The van der Waals surface area contributed by atoms with Crippen LogP contribution >= 0.6 is 24.0 Å². The SMILES string of the molecule is CCNC(=NCC(c1ccco1)N(CC)CC)NCCCOCC1CCOCC1.I. The third-order valence-electron chi connectivity index (χ3n) is 5.34. The van der Waals surface area contributed by atoms with Crippen LogP contribution in [-0.4, -0.2) is 70.0 Å². The van der Waals surface area contributed by atoms with Crippen LogP contribution in [0.4, 0.5) is 0 Å². The number of likely N-dealkylation sites (N-methyl/N-ethyl adjacent to an activating group) is 1. The van der Waals surface area contributed by atoms with Crippen molar-refractivity contribution >= 4 is 29.9 Å². The number of ether oxygens (including phenoxy) is 2. The van der Waals surface area contributed by atoms with E-state index in [1.54, 1.807) is 6.26 Å². The summed E-state index contributed by atoms with van der Waals surface area (Å²) in [6.45, 7) is 14.1. The molecule has 1 saturated heterocycles. The number of hydrogen-bond acceptors (Lipinski definition) is 5. The molecule has 0 saturated carbocycles. The number of nitrogens with zero attached hydrogens (tertiary/aromatic N) is 2. The van der Waals surface area contributed by atoms with Crippen molar-refractivity contribution in [2.75, 3.05) is 59.2 Å². The molecule has 1 aromatic heterocycles. The Labute approximate surface area is 199 Å². The van der Waals surface area contributed by atoms with Crippen molar-refractivity contribution in [3.8, 4) is 0 Å². The molecule has 2 rings (SSSR count). The Balaban J connectivity index is 0.00000450. The Morgan fingerprint density at radius 1 is 1.23 bits per heavy atom. The van der Waals surface area contributed by atoms with Crippen LogP contribution < -0.4 is 10.6 Å². The Hall–Kier alpha value is -0.840. The van der Waals surface area contributed by atoms with Gasteiger partial charge in [-0.15, -0.1) is 24.0 Å². The number of furan rings is 1. The molecule has 0 bridgehead atoms. The number of halogens is 1. The van der Waals surface area contributed by atoms with Gasteiger partial charge < -0.3 is 24.5 Å². The van der Waals surface area contributed by atoms with E-state index in [1.165, 1.54) is 0 Å². The first-order valence-corrected chi connectivity index (χ1v) is 11.2. The number of hydrogen-bond donors (Lipinski definition) is 2. The van der Waals surface area contributed by atoms with E-state index in [9.17, 15) is 0 Å². The molecule has 1 aliphatic rings. The molecule has 0 radical (unpaired) electrons. The summed E-state index contributed by atoms with van der Waals surface area (Å²) in [6, 6.07) is 4.13. The van der Waals surface area contributed by atoms with E-state index in [2.05, 4.69) is 36.3 Å². The molecule has 0 amide bonds. The molecule has 7 nitrogen and oxygen atoms in total. The lowest BCUT2D eigenvalue weighted by Gasteiger charge is -2.27. The lowest BCUT2D eigenvalue weighted by atomic mass is 10.0. The summed E-state index contributed by atoms with van der Waals surface area (Å²) in [5.41, 5.74) is 0. The van der Waals surface area contributed by atoms with Crippen LogP contribution in [0.2, 0.25) is 0 Å². The highest BCUT2D eigenvalue weighted by Crippen LogP contribution is 2.21. The highest BCUT2D eigenvalue weighted by Gasteiger charge is 2.20. The van der Waals surface area contributed by atoms with Gasteiger partial charge in [0.15, 0.2) is 5.96 Å². The van der Waals surface area contributed by atoms with E-state index in [-0.39, 0.29) is 30.0 Å². The highest BCUT2D eigenvalue weighted by atomic mass is 127. The molecule has 0 aliphatic carbocycles. The van der Waals surface area contributed by atoms with Gasteiger partial charge in [0.05, 0.1) is 18.8 Å². The van der Waals surface area contributed by atoms with Crippen LogP contribution in [0.15, 0.2) is 27.8 Å². The normalized spacial score (nSPS) is 16.3. The van der Waals surface area contributed by atoms with E-state index in [0.29, 0.717) is 12.5 Å². The van der Waals surface area contributed by atoms with Gasteiger partial charge in [-0.25, -0.2) is 0 Å². The molecule has 1 fully saturated rings. The predicted octanol–water partition coefficient (Wildman–Crippen LogP) is 3.67. The molecule has 0 aromatic carbocycles. The standard InChI is InChI=1S/C22H40N4O3.HI/c1-4-23-22(24-12-8-13-28-18-19-10-15-27-16-11-19)25-17-20(26(5-2)6-3)21-9-7-14-29-21;/h7,9,14,19-20H,4-6,8,10-13,15-18H2,1-3H3,(H2,23,24,25);1H. The van der Waals surface area contributed by atoms with Crippen LogP contribution in [0.1, 0.15) is 51.8 Å². The minimum Gasteiger partial charge on any atom is -0.468 e. The van der Waals surface area contributed by atoms with Gasteiger partial charge in [-0.2, -0.15) is 0 Å². The number of nitrogens with one attached hydrogen (secondary N) is 2. The van der Waals surface area contributed by atoms with Gasteiger partial charge in [-0.1, -0.05) is 13.8 Å². The average molecular weight is 536 g/mol. The van der Waals surface area contributed by atoms with Gasteiger partial charge in [0.25, 0.3) is 0 Å². The fourth-order valence-corrected chi connectivity index (χ4v) is 3.59. The summed E-state index contributed by atoms with van der Waals surface area (Å²) >= 11 is 0. The fraction of sp³-hybridized carbons (Fsp3) is 0.773. The van der Waals surface area contributed by atoms with Gasteiger partial charge in [0, 0.05) is 39.5 Å². The summed E-state index contributed by atoms with van der Waals surface area (Å²) in [6.07, 6.45) is 4.95. The second-order valence-electron chi connectivity index (χ2n) is 7.38. The number of rotatable bonds is 13. The summed E-state index contributed by atoms with van der Waals surface area (Å²) in [5, 5.41) is 6.76. The molecule has 30 heavy (non-hydrogen) atoms. The maximum absolute atomic E-state index is 5.85. The van der Waals surface area contributed by atoms with Gasteiger partial charge in [-0.05, 0) is 57.3 Å². The van der Waals surface area contributed by atoms with Crippen molar-refractivity contribution in [1.29, 1.82) is 0 Å². The summed E-state index contributed by atoms with van der Waals surface area (Å²) in [5.74, 6) is 2.48. The van der Waals surface area contributed by atoms with Crippen molar-refractivity contribution in [2.45, 2.75) is 46.1 Å². The molecule has 8 heteroatoms. The Bertz CT molecular complexity index is 547. The summed E-state index contributed by atoms with van der Waals surface area (Å²) < 4.78 is 16.9. The predicted molar refractivity (Wildman–Crippen MR) is 133 cm³/mol. The summed E-state index contributed by atoms with van der Waals surface area (Å²) in [7, 11) is 0. The topological polar surface area (TPSA) is 71.3 Å². The molecule has 174 valence electrons. The minimum atomic E-state index is 0. The highest BCUT2D eigenvalue weighted by molar-refractivity contribution is 14.0. The Morgan fingerprint density at radius 2 is 2.00 bits per heavy atom. The first-order chi connectivity index (χ1) is 14.3. The molecule has 1 aromatic rings. The maximum atomic E-state index is 5.85.